The third-order valence-corrected chi connectivity index (χ3v) is 5.33. The number of hydrogen-bond acceptors (Lipinski definition) is 2. The number of nitrogens with one attached hydrogen (secondary N) is 1. The van der Waals surface area contributed by atoms with Crippen molar-refractivity contribution in [1.29, 1.82) is 0 Å². The fourth-order valence-electron chi connectivity index (χ4n) is 3.83. The third-order valence-electron chi connectivity index (χ3n) is 5.33. The molecule has 3 aromatic carbocycles. The second-order valence-corrected chi connectivity index (χ2v) is 7.60. The maximum Gasteiger partial charge on any atom is 0.352 e. The highest BCUT2D eigenvalue weighted by molar-refractivity contribution is 5.98. The van der Waals surface area contributed by atoms with Crippen LogP contribution in [0, 0.1) is 18.6 Å². The van der Waals surface area contributed by atoms with Crippen molar-refractivity contribution in [2.45, 2.75) is 26.6 Å². The van der Waals surface area contributed by atoms with Gasteiger partial charge in [-0.05, 0) is 53.9 Å². The molecule has 0 spiro atoms. The number of benzene rings is 3. The zero-order chi connectivity index (χ0) is 22.0. The first-order valence-corrected chi connectivity index (χ1v) is 9.97. The fourth-order valence-corrected chi connectivity index (χ4v) is 3.83. The number of carboxylic acids is 1. The molecule has 1 heterocycles. The fraction of sp³-hybridized carbons (Fsp3) is 0.160. The van der Waals surface area contributed by atoms with Crippen LogP contribution in [-0.4, -0.2) is 15.6 Å². The lowest BCUT2D eigenvalue weighted by Crippen LogP contribution is -2.17. The van der Waals surface area contributed by atoms with Crippen molar-refractivity contribution < 1.29 is 18.7 Å². The summed E-state index contributed by atoms with van der Waals surface area (Å²) in [5.41, 5.74) is 4.45. The number of aromatic carboxylic acids is 1. The predicted octanol–water partition coefficient (Wildman–Crippen LogP) is 5.26. The van der Waals surface area contributed by atoms with E-state index in [-0.39, 0.29) is 17.3 Å². The first-order chi connectivity index (χ1) is 14.9. The van der Waals surface area contributed by atoms with Crippen molar-refractivity contribution in [2.24, 2.45) is 0 Å². The molecule has 0 radical (unpaired) electrons. The van der Waals surface area contributed by atoms with E-state index in [1.165, 1.54) is 24.3 Å². The summed E-state index contributed by atoms with van der Waals surface area (Å²) in [6.45, 7) is 3.10. The van der Waals surface area contributed by atoms with Gasteiger partial charge in [0.15, 0.2) is 0 Å². The van der Waals surface area contributed by atoms with Gasteiger partial charge in [-0.1, -0.05) is 36.4 Å². The van der Waals surface area contributed by atoms with Gasteiger partial charge < -0.3 is 15.0 Å². The van der Waals surface area contributed by atoms with Gasteiger partial charge in [0, 0.05) is 36.1 Å². The molecular weight excluding hydrogens is 398 g/mol. The van der Waals surface area contributed by atoms with Crippen LogP contribution in [0.3, 0.4) is 0 Å². The maximum atomic E-state index is 13.3. The number of hydrogen-bond donors (Lipinski definition) is 2. The summed E-state index contributed by atoms with van der Waals surface area (Å²) in [6, 6.07) is 18.1. The van der Waals surface area contributed by atoms with Crippen LogP contribution in [0.2, 0.25) is 0 Å². The maximum absolute atomic E-state index is 13.3. The van der Waals surface area contributed by atoms with Gasteiger partial charge in [-0.15, -0.1) is 0 Å². The van der Waals surface area contributed by atoms with Gasteiger partial charge in [0.2, 0.25) is 0 Å². The van der Waals surface area contributed by atoms with E-state index in [0.717, 1.165) is 27.6 Å². The lowest BCUT2D eigenvalue weighted by atomic mass is 10.1. The van der Waals surface area contributed by atoms with E-state index in [9.17, 15) is 18.7 Å². The Morgan fingerprint density at radius 1 is 0.903 bits per heavy atom. The van der Waals surface area contributed by atoms with Gasteiger partial charge in [0.25, 0.3) is 0 Å². The number of fused-ring (bicyclic) bond motifs is 1. The van der Waals surface area contributed by atoms with Crippen LogP contribution in [0.5, 0.6) is 0 Å². The van der Waals surface area contributed by atoms with Crippen LogP contribution in [-0.2, 0) is 19.6 Å². The second-order valence-electron chi connectivity index (χ2n) is 7.60. The highest BCUT2D eigenvalue weighted by Crippen LogP contribution is 2.29. The van der Waals surface area contributed by atoms with Gasteiger partial charge in [-0.3, -0.25) is 0 Å². The quantitative estimate of drug-likeness (QED) is 0.429. The zero-order valence-electron chi connectivity index (χ0n) is 17.0. The Hall–Kier alpha value is -3.51. The lowest BCUT2D eigenvalue weighted by molar-refractivity contribution is 0.0684. The van der Waals surface area contributed by atoms with E-state index in [2.05, 4.69) is 5.32 Å². The molecule has 0 unspecified atom stereocenters. The zero-order valence-corrected chi connectivity index (χ0v) is 17.0. The van der Waals surface area contributed by atoms with Crippen molar-refractivity contribution in [3.05, 3.63) is 106 Å². The summed E-state index contributed by atoms with van der Waals surface area (Å²) < 4.78 is 28.2. The van der Waals surface area contributed by atoms with Gasteiger partial charge in [0.05, 0.1) is 0 Å². The third kappa shape index (κ3) is 4.49. The minimum Gasteiger partial charge on any atom is -0.477 e. The van der Waals surface area contributed by atoms with Gasteiger partial charge >= 0.3 is 5.97 Å². The standard InChI is InChI=1S/C25H22F2N2O2/c1-16-2-11-21-22(14-28-13-17-3-7-19(26)8-4-17)24(25(30)31)29(23(21)12-16)15-18-5-9-20(27)10-6-18/h2-12,28H,13-15H2,1H3,(H,30,31). The molecule has 4 rings (SSSR count). The number of halogens is 2. The lowest BCUT2D eigenvalue weighted by Gasteiger charge is -2.10. The molecule has 0 bridgehead atoms. The van der Waals surface area contributed by atoms with Crippen LogP contribution in [0.4, 0.5) is 8.78 Å². The van der Waals surface area contributed by atoms with Crippen molar-refractivity contribution in [2.75, 3.05) is 0 Å². The molecule has 31 heavy (non-hydrogen) atoms. The number of carbonyl (C=O) groups is 1. The van der Waals surface area contributed by atoms with Gasteiger partial charge in [0.1, 0.15) is 17.3 Å². The topological polar surface area (TPSA) is 54.3 Å². The van der Waals surface area contributed by atoms with E-state index >= 15 is 0 Å². The van der Waals surface area contributed by atoms with Crippen LogP contribution >= 0.6 is 0 Å². The molecule has 2 N–H and O–H groups in total. The first-order valence-electron chi connectivity index (χ1n) is 9.97. The minimum atomic E-state index is -1.02. The molecule has 0 aliphatic heterocycles. The Morgan fingerprint density at radius 3 is 2.13 bits per heavy atom. The van der Waals surface area contributed by atoms with Crippen LogP contribution in [0.1, 0.15) is 32.7 Å². The van der Waals surface area contributed by atoms with Gasteiger partial charge in [-0.25, -0.2) is 13.6 Å². The summed E-state index contributed by atoms with van der Waals surface area (Å²) in [6.07, 6.45) is 0. The highest BCUT2D eigenvalue weighted by atomic mass is 19.1. The second kappa shape index (κ2) is 8.70. The summed E-state index contributed by atoms with van der Waals surface area (Å²) in [5, 5.41) is 14.2. The molecule has 6 heteroatoms. The van der Waals surface area contributed by atoms with E-state index in [4.69, 9.17) is 0 Å². The number of carboxylic acid groups (broad SMARTS) is 1. The van der Waals surface area contributed by atoms with Gasteiger partial charge in [-0.2, -0.15) is 0 Å². The molecule has 4 nitrogen and oxygen atoms in total. The largest absolute Gasteiger partial charge is 0.477 e. The molecule has 0 saturated carbocycles. The Morgan fingerprint density at radius 2 is 1.52 bits per heavy atom. The molecular formula is C25H22F2N2O2. The SMILES string of the molecule is Cc1ccc2c(CNCc3ccc(F)cc3)c(C(=O)O)n(Cc3ccc(F)cc3)c2c1. The normalized spacial score (nSPS) is 11.2. The smallest absolute Gasteiger partial charge is 0.352 e. The van der Waals surface area contributed by atoms with Crippen LogP contribution in [0.15, 0.2) is 66.7 Å². The molecule has 0 amide bonds. The first kappa shape index (κ1) is 20.8. The number of rotatable bonds is 7. The Balaban J connectivity index is 1.71. The summed E-state index contributed by atoms with van der Waals surface area (Å²) in [4.78, 5) is 12.3. The molecule has 0 aliphatic rings. The minimum absolute atomic E-state index is 0.205. The monoisotopic (exact) mass is 420 g/mol. The number of aromatic nitrogens is 1. The molecule has 1 aromatic heterocycles. The van der Waals surface area contributed by atoms with Crippen LogP contribution in [0.25, 0.3) is 10.9 Å². The summed E-state index contributed by atoms with van der Waals surface area (Å²) in [5.74, 6) is -1.65. The molecule has 0 aliphatic carbocycles. The molecule has 158 valence electrons. The van der Waals surface area contributed by atoms with Crippen LogP contribution < -0.4 is 5.32 Å². The van der Waals surface area contributed by atoms with E-state index < -0.39 is 5.97 Å². The average molecular weight is 420 g/mol. The van der Waals surface area contributed by atoms with E-state index in [0.29, 0.717) is 25.2 Å². The Kier molecular flexibility index (Phi) is 5.82. The molecule has 0 fully saturated rings. The summed E-state index contributed by atoms with van der Waals surface area (Å²) >= 11 is 0. The molecule has 4 aromatic rings. The molecule has 0 saturated heterocycles. The van der Waals surface area contributed by atoms with Crippen molar-refractivity contribution >= 4 is 16.9 Å². The Labute approximate surface area is 178 Å². The number of aryl methyl sites for hydroxylation is 1. The Bertz CT molecular complexity index is 1230. The highest BCUT2D eigenvalue weighted by Gasteiger charge is 2.22. The van der Waals surface area contributed by atoms with E-state index in [1.807, 2.05) is 25.1 Å². The molecule has 0 atom stereocenters. The summed E-state index contributed by atoms with van der Waals surface area (Å²) in [7, 11) is 0. The predicted molar refractivity (Wildman–Crippen MR) is 116 cm³/mol. The average Bonchev–Trinajstić information content (AvgIpc) is 3.04. The van der Waals surface area contributed by atoms with Crippen molar-refractivity contribution in [3.8, 4) is 0 Å². The number of nitrogens with zero attached hydrogens (tertiary/aromatic N) is 1. The van der Waals surface area contributed by atoms with E-state index in [1.54, 1.807) is 28.8 Å². The van der Waals surface area contributed by atoms with Crippen molar-refractivity contribution in [1.82, 2.24) is 9.88 Å². The van der Waals surface area contributed by atoms with Crippen molar-refractivity contribution in [3.63, 3.8) is 0 Å².